The van der Waals surface area contributed by atoms with Gasteiger partial charge in [0.05, 0.1) is 17.4 Å². The summed E-state index contributed by atoms with van der Waals surface area (Å²) in [5, 5.41) is 9.75. The average Bonchev–Trinajstić information content (AvgIpc) is 3.07. The molecule has 0 bridgehead atoms. The molecule has 4 rings (SSSR count). The third-order valence-corrected chi connectivity index (χ3v) is 4.67. The highest BCUT2D eigenvalue weighted by molar-refractivity contribution is 5.93. The molecule has 0 radical (unpaired) electrons. The molecule has 0 amide bonds. The average molecular weight is 358 g/mol. The number of benzene rings is 2. The van der Waals surface area contributed by atoms with E-state index in [-0.39, 0.29) is 5.56 Å². The molecule has 2 aromatic heterocycles. The van der Waals surface area contributed by atoms with Crippen LogP contribution in [0.2, 0.25) is 0 Å². The summed E-state index contributed by atoms with van der Waals surface area (Å²) in [5.41, 5.74) is 4.87. The van der Waals surface area contributed by atoms with E-state index in [1.807, 2.05) is 54.8 Å². The van der Waals surface area contributed by atoms with Crippen molar-refractivity contribution in [3.05, 3.63) is 71.9 Å². The van der Waals surface area contributed by atoms with Crippen LogP contribution in [-0.4, -0.2) is 30.6 Å². The van der Waals surface area contributed by atoms with Gasteiger partial charge >= 0.3 is 5.97 Å². The molecule has 27 heavy (non-hydrogen) atoms. The van der Waals surface area contributed by atoms with Crippen molar-refractivity contribution in [2.45, 2.75) is 20.3 Å². The van der Waals surface area contributed by atoms with Gasteiger partial charge in [-0.15, -0.1) is 0 Å². The fourth-order valence-electron chi connectivity index (χ4n) is 3.32. The van der Waals surface area contributed by atoms with Crippen molar-refractivity contribution in [2.24, 2.45) is 0 Å². The predicted molar refractivity (Wildman–Crippen MR) is 103 cm³/mol. The van der Waals surface area contributed by atoms with Crippen LogP contribution in [0.25, 0.3) is 28.0 Å². The van der Waals surface area contributed by atoms with Crippen LogP contribution in [-0.2, 0) is 6.42 Å². The van der Waals surface area contributed by atoms with Crippen molar-refractivity contribution in [1.82, 2.24) is 19.5 Å². The first-order valence-electron chi connectivity index (χ1n) is 8.71. The van der Waals surface area contributed by atoms with Crippen LogP contribution in [0.1, 0.15) is 28.7 Å². The SMILES string of the molecule is CCc1nc2cncnc2n1-c1cc(-c2ccccc2)cc(C(=O)O)c1C. The number of aromatic nitrogens is 4. The standard InChI is InChI=1S/C21H18N4O2/c1-3-19-24-17-11-22-12-23-20(17)25(19)18-10-15(14-7-5-4-6-8-14)9-16(13(18)2)21(26)27/h4-12H,3H2,1-2H3,(H,26,27). The van der Waals surface area contributed by atoms with Gasteiger partial charge in [0.25, 0.3) is 0 Å². The van der Waals surface area contributed by atoms with Gasteiger partial charge in [0.2, 0.25) is 0 Å². The van der Waals surface area contributed by atoms with Gasteiger partial charge in [-0.25, -0.2) is 19.7 Å². The summed E-state index contributed by atoms with van der Waals surface area (Å²) >= 11 is 0. The Kier molecular flexibility index (Phi) is 4.16. The number of fused-ring (bicyclic) bond motifs is 1. The van der Waals surface area contributed by atoms with Crippen molar-refractivity contribution >= 4 is 17.1 Å². The van der Waals surface area contributed by atoms with Crippen LogP contribution in [0.15, 0.2) is 55.0 Å². The second-order valence-corrected chi connectivity index (χ2v) is 6.29. The number of carboxylic acid groups (broad SMARTS) is 1. The molecule has 6 heteroatoms. The third kappa shape index (κ3) is 2.85. The number of hydrogen-bond acceptors (Lipinski definition) is 4. The molecular formula is C21H18N4O2. The lowest BCUT2D eigenvalue weighted by molar-refractivity contribution is 0.0696. The smallest absolute Gasteiger partial charge is 0.336 e. The summed E-state index contributed by atoms with van der Waals surface area (Å²) in [5.74, 6) is -0.140. The van der Waals surface area contributed by atoms with Gasteiger partial charge in [-0.2, -0.15) is 0 Å². The van der Waals surface area contributed by atoms with E-state index in [1.165, 1.54) is 6.33 Å². The van der Waals surface area contributed by atoms with Gasteiger partial charge < -0.3 is 5.11 Å². The first kappa shape index (κ1) is 16.9. The molecule has 1 N–H and O–H groups in total. The van der Waals surface area contributed by atoms with Crippen molar-refractivity contribution in [1.29, 1.82) is 0 Å². The molecule has 0 atom stereocenters. The van der Waals surface area contributed by atoms with Crippen LogP contribution in [0.4, 0.5) is 0 Å². The Labute approximate surface area is 156 Å². The lowest BCUT2D eigenvalue weighted by atomic mass is 9.97. The quantitative estimate of drug-likeness (QED) is 0.595. The molecule has 2 aromatic carbocycles. The van der Waals surface area contributed by atoms with E-state index in [0.717, 1.165) is 22.6 Å². The Hall–Kier alpha value is -3.54. The Balaban J connectivity index is 2.07. The van der Waals surface area contributed by atoms with Crippen LogP contribution in [0.3, 0.4) is 0 Å². The number of nitrogens with zero attached hydrogens (tertiary/aromatic N) is 4. The number of imidazole rings is 1. The largest absolute Gasteiger partial charge is 0.478 e. The van der Waals surface area contributed by atoms with Crippen molar-refractivity contribution in [3.63, 3.8) is 0 Å². The lowest BCUT2D eigenvalue weighted by Gasteiger charge is -2.15. The van der Waals surface area contributed by atoms with E-state index in [9.17, 15) is 9.90 Å². The molecule has 6 nitrogen and oxygen atoms in total. The van der Waals surface area contributed by atoms with Crippen molar-refractivity contribution in [2.75, 3.05) is 0 Å². The van der Waals surface area contributed by atoms with E-state index in [0.29, 0.717) is 23.1 Å². The molecule has 0 saturated carbocycles. The monoisotopic (exact) mass is 358 g/mol. The van der Waals surface area contributed by atoms with Gasteiger partial charge in [0, 0.05) is 6.42 Å². The first-order valence-corrected chi connectivity index (χ1v) is 8.71. The summed E-state index contributed by atoms with van der Waals surface area (Å²) in [6.45, 7) is 3.83. The minimum atomic E-state index is -0.955. The summed E-state index contributed by atoms with van der Waals surface area (Å²) in [6.07, 6.45) is 3.84. The molecule has 0 aliphatic rings. The minimum absolute atomic E-state index is 0.268. The van der Waals surface area contributed by atoms with Gasteiger partial charge in [-0.05, 0) is 35.7 Å². The molecule has 134 valence electrons. The predicted octanol–water partition coefficient (Wildman–Crippen LogP) is 4.05. The Morgan fingerprint density at radius 2 is 1.93 bits per heavy atom. The van der Waals surface area contributed by atoms with Crippen LogP contribution in [0.5, 0.6) is 0 Å². The zero-order chi connectivity index (χ0) is 19.0. The molecule has 0 fully saturated rings. The zero-order valence-corrected chi connectivity index (χ0v) is 15.0. The molecule has 4 aromatic rings. The van der Waals surface area contributed by atoms with Crippen molar-refractivity contribution < 1.29 is 9.90 Å². The molecule has 0 aliphatic heterocycles. The number of aromatic carboxylic acids is 1. The second-order valence-electron chi connectivity index (χ2n) is 6.29. The minimum Gasteiger partial charge on any atom is -0.478 e. The lowest BCUT2D eigenvalue weighted by Crippen LogP contribution is -2.08. The highest BCUT2D eigenvalue weighted by atomic mass is 16.4. The maximum absolute atomic E-state index is 11.9. The third-order valence-electron chi connectivity index (χ3n) is 4.67. The summed E-state index contributed by atoms with van der Waals surface area (Å²) in [4.78, 5) is 24.9. The summed E-state index contributed by atoms with van der Waals surface area (Å²) in [6, 6.07) is 13.5. The Morgan fingerprint density at radius 3 is 2.63 bits per heavy atom. The van der Waals surface area contributed by atoms with Gasteiger partial charge in [0.1, 0.15) is 17.7 Å². The van der Waals surface area contributed by atoms with E-state index in [2.05, 4.69) is 15.0 Å². The molecule has 0 aliphatic carbocycles. The van der Waals surface area contributed by atoms with Crippen LogP contribution < -0.4 is 0 Å². The zero-order valence-electron chi connectivity index (χ0n) is 15.0. The van der Waals surface area contributed by atoms with Crippen molar-refractivity contribution in [3.8, 4) is 16.8 Å². The van der Waals surface area contributed by atoms with Gasteiger partial charge in [-0.3, -0.25) is 4.57 Å². The molecule has 0 unspecified atom stereocenters. The molecular weight excluding hydrogens is 340 g/mol. The molecule has 2 heterocycles. The van der Waals surface area contributed by atoms with E-state index >= 15 is 0 Å². The van der Waals surface area contributed by atoms with E-state index < -0.39 is 5.97 Å². The number of aryl methyl sites for hydroxylation is 1. The van der Waals surface area contributed by atoms with Gasteiger partial charge in [-0.1, -0.05) is 37.3 Å². The van der Waals surface area contributed by atoms with Gasteiger partial charge in [0.15, 0.2) is 5.65 Å². The highest BCUT2D eigenvalue weighted by Gasteiger charge is 2.19. The fourth-order valence-corrected chi connectivity index (χ4v) is 3.32. The normalized spacial score (nSPS) is 11.0. The fraction of sp³-hybridized carbons (Fsp3) is 0.143. The molecule has 0 spiro atoms. The van der Waals surface area contributed by atoms with E-state index in [1.54, 1.807) is 12.3 Å². The number of rotatable bonds is 4. The first-order chi connectivity index (χ1) is 13.1. The van der Waals surface area contributed by atoms with Crippen LogP contribution >= 0.6 is 0 Å². The Morgan fingerprint density at radius 1 is 1.15 bits per heavy atom. The maximum atomic E-state index is 11.9. The second kappa shape index (κ2) is 6.64. The number of hydrogen-bond donors (Lipinski definition) is 1. The van der Waals surface area contributed by atoms with Crippen LogP contribution in [0, 0.1) is 6.92 Å². The summed E-state index contributed by atoms with van der Waals surface area (Å²) in [7, 11) is 0. The van der Waals surface area contributed by atoms with E-state index in [4.69, 9.17) is 0 Å². The number of carbonyl (C=O) groups is 1. The number of carboxylic acids is 1. The Bertz CT molecular complexity index is 1150. The highest BCUT2D eigenvalue weighted by Crippen LogP contribution is 2.30. The molecule has 0 saturated heterocycles. The topological polar surface area (TPSA) is 80.9 Å². The maximum Gasteiger partial charge on any atom is 0.336 e. The summed E-state index contributed by atoms with van der Waals surface area (Å²) < 4.78 is 1.94.